The molecule has 164 valence electrons. The Labute approximate surface area is 208 Å². The maximum atomic E-state index is 13.6. The quantitative estimate of drug-likeness (QED) is 0.286. The third kappa shape index (κ3) is 3.92. The summed E-state index contributed by atoms with van der Waals surface area (Å²) in [5.74, 6) is -0.772. The first kappa shape index (κ1) is 22.0. The lowest BCUT2D eigenvalue weighted by Crippen LogP contribution is -2.41. The summed E-state index contributed by atoms with van der Waals surface area (Å²) in [5, 5.41) is 13.4. The molecule has 33 heavy (non-hydrogen) atoms. The molecule has 0 spiro atoms. The van der Waals surface area contributed by atoms with Crippen LogP contribution in [0.5, 0.6) is 0 Å². The van der Waals surface area contributed by atoms with Crippen LogP contribution >= 0.6 is 31.9 Å². The van der Waals surface area contributed by atoms with Gasteiger partial charge in [-0.1, -0.05) is 86.5 Å². The molecule has 1 aliphatic rings. The van der Waals surface area contributed by atoms with Gasteiger partial charge in [0.05, 0.1) is 18.7 Å². The lowest BCUT2D eigenvalue weighted by atomic mass is 9.87. The molecule has 0 saturated heterocycles. The topological polar surface area (TPSA) is 57.6 Å². The number of carbonyl (C=O) groups is 2. The lowest BCUT2D eigenvalue weighted by molar-refractivity contribution is -0.136. The minimum absolute atomic E-state index is 0.279. The molecule has 0 bridgehead atoms. The van der Waals surface area contributed by atoms with E-state index in [1.807, 2.05) is 66.7 Å². The van der Waals surface area contributed by atoms with Gasteiger partial charge in [0.15, 0.2) is 11.4 Å². The van der Waals surface area contributed by atoms with E-state index in [4.69, 9.17) is 0 Å². The summed E-state index contributed by atoms with van der Waals surface area (Å²) in [6.45, 7) is 0.297. The number of carbonyl (C=O) groups excluding carboxylic acids is 2. The fraction of sp³-hybridized carbons (Fsp3) is 0.111. The number of anilines is 1. The zero-order valence-electron chi connectivity index (χ0n) is 17.5. The number of Topliss-reactive ketones (excluding diaryl/α,β-unsaturated/α-hetero) is 1. The van der Waals surface area contributed by atoms with Crippen LogP contribution in [0.2, 0.25) is 0 Å². The Kier molecular flexibility index (Phi) is 5.69. The van der Waals surface area contributed by atoms with E-state index in [0.717, 1.165) is 25.3 Å². The molecule has 0 radical (unpaired) electrons. The van der Waals surface area contributed by atoms with Gasteiger partial charge in [-0.2, -0.15) is 0 Å². The van der Waals surface area contributed by atoms with Crippen molar-refractivity contribution < 1.29 is 14.7 Å². The Bertz CT molecular complexity index is 1400. The van der Waals surface area contributed by atoms with E-state index in [1.165, 1.54) is 0 Å². The molecule has 0 aromatic heterocycles. The zero-order valence-corrected chi connectivity index (χ0v) is 20.6. The Morgan fingerprint density at radius 2 is 1.58 bits per heavy atom. The largest absolute Gasteiger partial charge is 0.375 e. The van der Waals surface area contributed by atoms with Crippen molar-refractivity contribution in [2.45, 2.75) is 18.6 Å². The van der Waals surface area contributed by atoms with Gasteiger partial charge >= 0.3 is 0 Å². The molecule has 1 N–H and O–H groups in total. The predicted molar refractivity (Wildman–Crippen MR) is 136 cm³/mol. The van der Waals surface area contributed by atoms with E-state index >= 15 is 0 Å². The first-order valence-electron chi connectivity index (χ1n) is 10.5. The standard InChI is InChI=1S/C27H19Br2NO3/c28-19-10-8-17(9-11-19)16-30-24-13-12-20(29)14-23(24)27(33,26(30)32)15-25(31)22-7-3-5-18-4-1-2-6-21(18)22/h1-14,33H,15-16H2. The van der Waals surface area contributed by atoms with Crippen molar-refractivity contribution in [1.82, 2.24) is 0 Å². The molecular weight excluding hydrogens is 546 g/mol. The summed E-state index contributed by atoms with van der Waals surface area (Å²) in [7, 11) is 0. The van der Waals surface area contributed by atoms with Gasteiger partial charge in [-0.05, 0) is 46.7 Å². The molecule has 0 fully saturated rings. The van der Waals surface area contributed by atoms with Gasteiger partial charge in [0.2, 0.25) is 0 Å². The monoisotopic (exact) mass is 563 g/mol. The van der Waals surface area contributed by atoms with Crippen molar-refractivity contribution in [1.29, 1.82) is 0 Å². The normalized spacial score (nSPS) is 17.4. The first-order valence-corrected chi connectivity index (χ1v) is 12.1. The van der Waals surface area contributed by atoms with Crippen LogP contribution < -0.4 is 4.90 Å². The minimum atomic E-state index is -1.94. The first-order chi connectivity index (χ1) is 15.9. The van der Waals surface area contributed by atoms with Gasteiger partial charge in [-0.3, -0.25) is 9.59 Å². The van der Waals surface area contributed by atoms with Crippen molar-refractivity contribution in [2.75, 3.05) is 4.90 Å². The molecule has 4 nitrogen and oxygen atoms in total. The molecule has 5 rings (SSSR count). The highest BCUT2D eigenvalue weighted by Crippen LogP contribution is 2.45. The zero-order chi connectivity index (χ0) is 23.2. The number of ketones is 1. The Balaban J connectivity index is 1.53. The van der Waals surface area contributed by atoms with Crippen LogP contribution in [-0.4, -0.2) is 16.8 Å². The molecule has 1 aliphatic heterocycles. The van der Waals surface area contributed by atoms with Crippen molar-refractivity contribution >= 4 is 60.0 Å². The Morgan fingerprint density at radius 3 is 2.36 bits per heavy atom. The molecule has 0 saturated carbocycles. The van der Waals surface area contributed by atoms with Crippen LogP contribution in [0.1, 0.15) is 27.9 Å². The van der Waals surface area contributed by atoms with Crippen LogP contribution in [0.15, 0.2) is 93.9 Å². The van der Waals surface area contributed by atoms with E-state index < -0.39 is 11.5 Å². The average Bonchev–Trinajstić information content (AvgIpc) is 3.01. The summed E-state index contributed by atoms with van der Waals surface area (Å²) in [6.07, 6.45) is -0.333. The number of amides is 1. The van der Waals surface area contributed by atoms with E-state index in [2.05, 4.69) is 31.9 Å². The molecule has 4 aromatic carbocycles. The van der Waals surface area contributed by atoms with Crippen LogP contribution in [0, 0.1) is 0 Å². The fourth-order valence-corrected chi connectivity index (χ4v) is 5.04. The smallest absolute Gasteiger partial charge is 0.264 e. The number of nitrogens with zero attached hydrogens (tertiary/aromatic N) is 1. The number of hydrogen-bond acceptors (Lipinski definition) is 3. The highest BCUT2D eigenvalue weighted by Gasteiger charge is 2.51. The lowest BCUT2D eigenvalue weighted by Gasteiger charge is -2.23. The molecule has 1 atom stereocenters. The second-order valence-electron chi connectivity index (χ2n) is 8.17. The number of fused-ring (bicyclic) bond motifs is 2. The fourth-order valence-electron chi connectivity index (χ4n) is 4.42. The molecular formula is C27H19Br2NO3. The summed E-state index contributed by atoms with van der Waals surface area (Å²) < 4.78 is 1.68. The molecule has 6 heteroatoms. The van der Waals surface area contributed by atoms with Gasteiger partial charge in [-0.15, -0.1) is 0 Å². The van der Waals surface area contributed by atoms with Crippen molar-refractivity contribution in [3.05, 3.63) is 111 Å². The van der Waals surface area contributed by atoms with Gasteiger partial charge < -0.3 is 10.0 Å². The van der Waals surface area contributed by atoms with E-state index in [-0.39, 0.29) is 12.2 Å². The Morgan fingerprint density at radius 1 is 0.879 bits per heavy atom. The van der Waals surface area contributed by atoms with Crippen molar-refractivity contribution in [3.8, 4) is 0 Å². The van der Waals surface area contributed by atoms with Gasteiger partial charge in [0, 0.05) is 20.1 Å². The third-order valence-electron chi connectivity index (χ3n) is 6.05. The highest BCUT2D eigenvalue weighted by molar-refractivity contribution is 9.10. The van der Waals surface area contributed by atoms with Crippen molar-refractivity contribution in [3.63, 3.8) is 0 Å². The summed E-state index contributed by atoms with van der Waals surface area (Å²) in [4.78, 5) is 28.6. The third-order valence-corrected chi connectivity index (χ3v) is 7.08. The maximum absolute atomic E-state index is 13.6. The summed E-state index contributed by atoms with van der Waals surface area (Å²) in [5.41, 5.74) is 0.525. The molecule has 1 amide bonds. The molecule has 1 unspecified atom stereocenters. The minimum Gasteiger partial charge on any atom is -0.375 e. The summed E-state index contributed by atoms with van der Waals surface area (Å²) in [6, 6.07) is 26.1. The second kappa shape index (κ2) is 8.52. The second-order valence-corrected chi connectivity index (χ2v) is 10.00. The number of hydrogen-bond donors (Lipinski definition) is 1. The van der Waals surface area contributed by atoms with Crippen LogP contribution in [-0.2, 0) is 16.9 Å². The average molecular weight is 565 g/mol. The van der Waals surface area contributed by atoms with Gasteiger partial charge in [-0.25, -0.2) is 0 Å². The molecule has 1 heterocycles. The van der Waals surface area contributed by atoms with Crippen molar-refractivity contribution in [2.24, 2.45) is 0 Å². The number of benzene rings is 4. The maximum Gasteiger partial charge on any atom is 0.264 e. The molecule has 0 aliphatic carbocycles. The SMILES string of the molecule is O=C(CC1(O)C(=O)N(Cc2ccc(Br)cc2)c2ccc(Br)cc21)c1cccc2ccccc12. The van der Waals surface area contributed by atoms with Gasteiger partial charge in [0.25, 0.3) is 5.91 Å². The predicted octanol–water partition coefficient (Wildman–Crippen LogP) is 6.37. The van der Waals surface area contributed by atoms with Crippen LogP contribution in [0.25, 0.3) is 10.8 Å². The summed E-state index contributed by atoms with van der Waals surface area (Å²) >= 11 is 6.87. The van der Waals surface area contributed by atoms with E-state index in [9.17, 15) is 14.7 Å². The highest BCUT2D eigenvalue weighted by atomic mass is 79.9. The number of aliphatic hydroxyl groups is 1. The van der Waals surface area contributed by atoms with E-state index in [1.54, 1.807) is 23.1 Å². The van der Waals surface area contributed by atoms with Crippen LogP contribution in [0.4, 0.5) is 5.69 Å². The van der Waals surface area contributed by atoms with Gasteiger partial charge in [0.1, 0.15) is 0 Å². The van der Waals surface area contributed by atoms with Crippen LogP contribution in [0.3, 0.4) is 0 Å². The number of halogens is 2. The Hall–Kier alpha value is -2.80. The molecule has 4 aromatic rings. The number of rotatable bonds is 5. The van der Waals surface area contributed by atoms with E-state index in [0.29, 0.717) is 23.4 Å².